The van der Waals surface area contributed by atoms with Crippen LogP contribution in [0.3, 0.4) is 0 Å². The number of halogens is 8. The fraction of sp³-hybridized carbons (Fsp3) is 0.320. The molecule has 0 unspecified atom stereocenters. The van der Waals surface area contributed by atoms with Crippen molar-refractivity contribution in [2.45, 2.75) is 51.1 Å². The number of hydrogen-bond acceptors (Lipinski definition) is 6. The van der Waals surface area contributed by atoms with E-state index in [0.717, 1.165) is 35.4 Å². The maximum atomic E-state index is 15.0. The van der Waals surface area contributed by atoms with Gasteiger partial charge in [0.2, 0.25) is 0 Å². The SMILES string of the molecule is C[C@@H](C[C@H](F)Cn1ccc2cc(-c3ncc(C(C)(F)F)cn3)c(F)c(F)c2c1=O)Nc1cn[nH]c(=O)c1C(F)(F)F. The minimum atomic E-state index is -5.01. The summed E-state index contributed by atoms with van der Waals surface area (Å²) in [6.07, 6.45) is -3.93. The highest BCUT2D eigenvalue weighted by Crippen LogP contribution is 2.32. The Morgan fingerprint density at radius 2 is 1.71 bits per heavy atom. The monoisotopic (exact) mass is 588 g/mol. The van der Waals surface area contributed by atoms with Gasteiger partial charge >= 0.3 is 6.18 Å². The number of anilines is 1. The first-order valence-corrected chi connectivity index (χ1v) is 11.8. The molecule has 4 aromatic rings. The van der Waals surface area contributed by atoms with E-state index >= 15 is 4.39 Å². The number of rotatable bonds is 8. The Morgan fingerprint density at radius 1 is 1.05 bits per heavy atom. The molecule has 0 bridgehead atoms. The van der Waals surface area contributed by atoms with Crippen LogP contribution in [-0.2, 0) is 18.6 Å². The minimum absolute atomic E-state index is 0.0967. The molecule has 0 aliphatic heterocycles. The van der Waals surface area contributed by atoms with Gasteiger partial charge in [-0.15, -0.1) is 0 Å². The molecule has 16 heteroatoms. The summed E-state index contributed by atoms with van der Waals surface area (Å²) in [6.45, 7) is 1.29. The van der Waals surface area contributed by atoms with Crippen molar-refractivity contribution in [1.82, 2.24) is 24.7 Å². The van der Waals surface area contributed by atoms with Crippen LogP contribution in [-0.4, -0.2) is 36.9 Å². The zero-order chi connectivity index (χ0) is 30.3. The molecule has 8 nitrogen and oxygen atoms in total. The molecule has 0 saturated heterocycles. The fourth-order valence-electron chi connectivity index (χ4n) is 4.16. The van der Waals surface area contributed by atoms with Gasteiger partial charge in [0.1, 0.15) is 11.7 Å². The van der Waals surface area contributed by atoms with Gasteiger partial charge in [-0.05, 0) is 24.4 Å². The third-order valence-electron chi connectivity index (χ3n) is 6.09. The predicted molar refractivity (Wildman–Crippen MR) is 131 cm³/mol. The first kappa shape index (κ1) is 29.6. The second-order valence-corrected chi connectivity index (χ2v) is 9.34. The molecule has 0 radical (unpaired) electrons. The molecule has 41 heavy (non-hydrogen) atoms. The first-order chi connectivity index (χ1) is 19.1. The lowest BCUT2D eigenvalue weighted by atomic mass is 10.1. The van der Waals surface area contributed by atoms with Crippen LogP contribution in [0.15, 0.2) is 46.5 Å². The average molecular weight is 588 g/mol. The predicted octanol–water partition coefficient (Wildman–Crippen LogP) is 5.18. The summed E-state index contributed by atoms with van der Waals surface area (Å²) in [5, 5.41) is 6.55. The van der Waals surface area contributed by atoms with Crippen molar-refractivity contribution in [3.05, 3.63) is 80.4 Å². The fourth-order valence-corrected chi connectivity index (χ4v) is 4.16. The van der Waals surface area contributed by atoms with Crippen molar-refractivity contribution < 1.29 is 35.1 Å². The molecule has 0 saturated carbocycles. The Balaban J connectivity index is 1.56. The van der Waals surface area contributed by atoms with Gasteiger partial charge in [0.25, 0.3) is 17.0 Å². The van der Waals surface area contributed by atoms with Gasteiger partial charge in [0.15, 0.2) is 17.5 Å². The van der Waals surface area contributed by atoms with Gasteiger partial charge in [-0.1, -0.05) is 0 Å². The summed E-state index contributed by atoms with van der Waals surface area (Å²) >= 11 is 0. The van der Waals surface area contributed by atoms with Crippen LogP contribution in [0, 0.1) is 11.6 Å². The molecule has 4 rings (SSSR count). The van der Waals surface area contributed by atoms with Crippen molar-refractivity contribution in [1.29, 1.82) is 0 Å². The molecule has 0 amide bonds. The van der Waals surface area contributed by atoms with E-state index in [-0.39, 0.29) is 5.39 Å². The largest absolute Gasteiger partial charge is 0.423 e. The molecule has 3 heterocycles. The van der Waals surface area contributed by atoms with Crippen LogP contribution >= 0.6 is 0 Å². The lowest BCUT2D eigenvalue weighted by Gasteiger charge is -2.20. The van der Waals surface area contributed by atoms with Gasteiger partial charge in [-0.3, -0.25) is 9.59 Å². The lowest BCUT2D eigenvalue weighted by molar-refractivity contribution is -0.138. The topological polar surface area (TPSA) is 106 Å². The summed E-state index contributed by atoms with van der Waals surface area (Å²) in [4.78, 5) is 31.8. The van der Waals surface area contributed by atoms with Gasteiger partial charge in [0.05, 0.1) is 34.9 Å². The maximum Gasteiger partial charge on any atom is 0.423 e. The third-order valence-corrected chi connectivity index (χ3v) is 6.09. The smallest absolute Gasteiger partial charge is 0.381 e. The summed E-state index contributed by atoms with van der Waals surface area (Å²) in [7, 11) is 0. The molecule has 0 aliphatic carbocycles. The molecule has 218 valence electrons. The van der Waals surface area contributed by atoms with Crippen molar-refractivity contribution >= 4 is 16.5 Å². The van der Waals surface area contributed by atoms with E-state index < -0.39 is 93.6 Å². The lowest BCUT2D eigenvalue weighted by Crippen LogP contribution is -2.30. The molecule has 0 aliphatic rings. The standard InChI is InChI=1S/C25H20F8N6O2/c1-11(37-16-9-36-38-22(40)18(16)25(31,32)33)5-14(26)10-39-4-3-12-6-15(19(27)20(28)17(12)23(39)41)21-34-7-13(8-35-21)24(2,29)30/h3-4,6-9,11,14H,5,10H2,1-2H3,(H2,37,38,40)/t11-,14-/m0/s1. The molecule has 0 fully saturated rings. The Bertz CT molecular complexity index is 1700. The van der Waals surface area contributed by atoms with Gasteiger partial charge in [0, 0.05) is 38.0 Å². The summed E-state index contributed by atoms with van der Waals surface area (Å²) < 4.78 is 112. The molecule has 3 aromatic heterocycles. The van der Waals surface area contributed by atoms with Crippen LogP contribution in [0.1, 0.15) is 31.4 Å². The summed E-state index contributed by atoms with van der Waals surface area (Å²) in [6, 6.07) is 1.27. The second kappa shape index (κ2) is 10.9. The van der Waals surface area contributed by atoms with Gasteiger partial charge < -0.3 is 9.88 Å². The average Bonchev–Trinajstić information content (AvgIpc) is 2.86. The zero-order valence-electron chi connectivity index (χ0n) is 21.2. The summed E-state index contributed by atoms with van der Waals surface area (Å²) in [5.74, 6) is -6.78. The van der Waals surface area contributed by atoms with Crippen LogP contribution in [0.4, 0.5) is 40.8 Å². The zero-order valence-corrected chi connectivity index (χ0v) is 21.2. The number of hydrogen-bond donors (Lipinski definition) is 2. The molecular formula is C25H20F8N6O2. The van der Waals surface area contributed by atoms with Crippen molar-refractivity contribution in [2.24, 2.45) is 0 Å². The highest BCUT2D eigenvalue weighted by atomic mass is 19.4. The van der Waals surface area contributed by atoms with E-state index in [1.165, 1.54) is 13.0 Å². The number of alkyl halides is 6. The highest BCUT2D eigenvalue weighted by Gasteiger charge is 2.37. The normalized spacial score (nSPS) is 13.8. The van der Waals surface area contributed by atoms with E-state index in [1.54, 1.807) is 5.10 Å². The third kappa shape index (κ3) is 6.20. The number of fused-ring (bicyclic) bond motifs is 1. The number of aromatic amines is 1. The number of aromatic nitrogens is 5. The Kier molecular flexibility index (Phi) is 7.87. The van der Waals surface area contributed by atoms with Crippen LogP contribution in [0.5, 0.6) is 0 Å². The van der Waals surface area contributed by atoms with Crippen LogP contribution in [0.25, 0.3) is 22.2 Å². The van der Waals surface area contributed by atoms with E-state index in [1.807, 2.05) is 0 Å². The molecule has 2 N–H and O–H groups in total. The Labute approximate surface area is 225 Å². The molecule has 0 spiro atoms. The van der Waals surface area contributed by atoms with Crippen molar-refractivity contribution in [2.75, 3.05) is 5.32 Å². The molecule has 2 atom stereocenters. The number of nitrogens with zero attached hydrogens (tertiary/aromatic N) is 4. The first-order valence-electron chi connectivity index (χ1n) is 11.8. The number of H-pyrrole nitrogens is 1. The van der Waals surface area contributed by atoms with Crippen LogP contribution < -0.4 is 16.4 Å². The van der Waals surface area contributed by atoms with Crippen LogP contribution in [0.2, 0.25) is 0 Å². The maximum absolute atomic E-state index is 15.0. The van der Waals surface area contributed by atoms with Crippen molar-refractivity contribution in [3.63, 3.8) is 0 Å². The minimum Gasteiger partial charge on any atom is -0.381 e. The van der Waals surface area contributed by atoms with Crippen molar-refractivity contribution in [3.8, 4) is 11.4 Å². The van der Waals surface area contributed by atoms with E-state index in [9.17, 15) is 40.3 Å². The number of nitrogens with one attached hydrogen (secondary N) is 2. The van der Waals surface area contributed by atoms with E-state index in [2.05, 4.69) is 20.4 Å². The summed E-state index contributed by atoms with van der Waals surface area (Å²) in [5.41, 5.74) is -5.83. The van der Waals surface area contributed by atoms with E-state index in [0.29, 0.717) is 6.92 Å². The quantitative estimate of drug-likeness (QED) is 0.275. The Hall–Kier alpha value is -4.37. The van der Waals surface area contributed by atoms with Gasteiger partial charge in [-0.2, -0.15) is 18.3 Å². The van der Waals surface area contributed by atoms with E-state index in [4.69, 9.17) is 0 Å². The molecule has 1 aromatic carbocycles. The van der Waals surface area contributed by atoms with Gasteiger partial charge in [-0.25, -0.2) is 37.0 Å². The number of benzene rings is 1. The second-order valence-electron chi connectivity index (χ2n) is 9.34. The molecular weight excluding hydrogens is 568 g/mol. The highest BCUT2D eigenvalue weighted by molar-refractivity contribution is 5.86. The number of pyridine rings is 1. The Morgan fingerprint density at radius 3 is 2.32 bits per heavy atom.